The third-order valence-corrected chi connectivity index (χ3v) is 6.85. The Hall–Kier alpha value is -5.23. The zero-order valence-corrected chi connectivity index (χ0v) is 26.6. The van der Waals surface area contributed by atoms with E-state index in [0.717, 1.165) is 0 Å². The van der Waals surface area contributed by atoms with Crippen LogP contribution in [0.25, 0.3) is 5.69 Å². The first-order valence-corrected chi connectivity index (χ1v) is 14.4. The molecule has 0 unspecified atom stereocenters. The molecule has 286 valence electrons. The first-order chi connectivity index (χ1) is 23.7. The van der Waals surface area contributed by atoms with Gasteiger partial charge in [0.2, 0.25) is 5.91 Å². The van der Waals surface area contributed by atoms with Gasteiger partial charge in [0.25, 0.3) is 11.5 Å². The molecule has 3 heterocycles. The number of alkyl halides is 9. The molecular weight excluding hydrogens is 782 g/mol. The molecule has 13 nitrogen and oxygen atoms in total. The number of aromatic nitrogens is 1. The number of thiophene rings is 1. The third kappa shape index (κ3) is 15.3. The molecule has 0 aliphatic carbocycles. The Morgan fingerprint density at radius 3 is 1.77 bits per heavy atom. The molecular formula is C27H21ClF10N4O9S. The second kappa shape index (κ2) is 18.8. The van der Waals surface area contributed by atoms with Crippen molar-refractivity contribution in [3.63, 3.8) is 0 Å². The minimum Gasteiger partial charge on any atom is -0.475 e. The van der Waals surface area contributed by atoms with E-state index in [0.29, 0.717) is 27.9 Å². The standard InChI is InChI=1S/C21H18ClFN4O3S.3C2HF3O2/c22-18-7-6-17(31-18)21(30)25-12-9-16(24-11-12)20(29)26-15-5-4-13(10-14(15)23)27-8-2-1-3-19(27)28;3*3-2(4,5)1(6)7/h1-8,10,12,16,24H,9,11H2,(H,25,30)(H,26,29);3*(H,6,7)/t12-,16-;;;/m0.../s1. The van der Waals surface area contributed by atoms with Crippen LogP contribution < -0.4 is 21.5 Å². The van der Waals surface area contributed by atoms with Crippen molar-refractivity contribution in [1.29, 1.82) is 0 Å². The van der Waals surface area contributed by atoms with Gasteiger partial charge in [0, 0.05) is 30.9 Å². The largest absolute Gasteiger partial charge is 0.490 e. The van der Waals surface area contributed by atoms with Gasteiger partial charge in [0.05, 0.1) is 26.6 Å². The Bertz CT molecular complexity index is 1740. The van der Waals surface area contributed by atoms with Crippen molar-refractivity contribution in [2.75, 3.05) is 11.9 Å². The summed E-state index contributed by atoms with van der Waals surface area (Å²) in [5.74, 6) is -9.58. The number of hydrogen-bond acceptors (Lipinski definition) is 8. The maximum absolute atomic E-state index is 14.5. The lowest BCUT2D eigenvalue weighted by molar-refractivity contribution is -0.193. The molecule has 1 fully saturated rings. The molecule has 25 heteroatoms. The number of aliphatic carboxylic acids is 3. The number of halogens is 11. The van der Waals surface area contributed by atoms with Crippen molar-refractivity contribution in [2.45, 2.75) is 37.0 Å². The Morgan fingerprint density at radius 1 is 0.827 bits per heavy atom. The molecule has 0 radical (unpaired) electrons. The zero-order chi connectivity index (χ0) is 40.2. The van der Waals surface area contributed by atoms with Gasteiger partial charge in [-0.1, -0.05) is 17.7 Å². The van der Waals surface area contributed by atoms with Gasteiger partial charge in [0.15, 0.2) is 0 Å². The molecule has 0 bridgehead atoms. The number of nitrogens with zero attached hydrogens (tertiary/aromatic N) is 1. The van der Waals surface area contributed by atoms with E-state index in [1.807, 2.05) is 0 Å². The van der Waals surface area contributed by atoms with Crippen LogP contribution in [0.5, 0.6) is 0 Å². The van der Waals surface area contributed by atoms with Crippen LogP contribution >= 0.6 is 22.9 Å². The molecule has 3 aromatic rings. The van der Waals surface area contributed by atoms with E-state index >= 15 is 0 Å². The zero-order valence-electron chi connectivity index (χ0n) is 25.1. The number of carbonyl (C=O) groups excluding carboxylic acids is 2. The summed E-state index contributed by atoms with van der Waals surface area (Å²) in [6, 6.07) is 11.3. The van der Waals surface area contributed by atoms with Gasteiger partial charge in [0.1, 0.15) is 5.82 Å². The van der Waals surface area contributed by atoms with E-state index in [4.69, 9.17) is 41.3 Å². The van der Waals surface area contributed by atoms with Crippen molar-refractivity contribution >= 4 is 58.3 Å². The molecule has 0 saturated carbocycles. The normalized spacial score (nSPS) is 15.3. The monoisotopic (exact) mass is 802 g/mol. The highest BCUT2D eigenvalue weighted by atomic mass is 35.5. The SMILES string of the molecule is O=C(N[C@@H]1CN[C@H](C(=O)Nc2ccc(-n3ccccc3=O)cc2F)C1)c1ccc(Cl)s1.O=C(O)C(F)(F)F.O=C(O)C(F)(F)F.O=C(O)C(F)(F)F. The molecule has 0 spiro atoms. The van der Waals surface area contributed by atoms with Crippen LogP contribution in [0, 0.1) is 5.82 Å². The van der Waals surface area contributed by atoms with Gasteiger partial charge in [-0.2, -0.15) is 39.5 Å². The predicted molar refractivity (Wildman–Crippen MR) is 159 cm³/mol. The van der Waals surface area contributed by atoms with Gasteiger partial charge in [-0.25, -0.2) is 18.8 Å². The fourth-order valence-electron chi connectivity index (χ4n) is 3.35. The first kappa shape index (κ1) is 44.8. The number of anilines is 1. The molecule has 1 aliphatic rings. The number of amides is 2. The first-order valence-electron chi connectivity index (χ1n) is 13.2. The summed E-state index contributed by atoms with van der Waals surface area (Å²) in [7, 11) is 0. The number of benzene rings is 1. The molecule has 52 heavy (non-hydrogen) atoms. The van der Waals surface area contributed by atoms with Crippen LogP contribution in [0.1, 0.15) is 16.1 Å². The van der Waals surface area contributed by atoms with Crippen LogP contribution in [0.4, 0.5) is 49.6 Å². The molecule has 2 aromatic heterocycles. The van der Waals surface area contributed by atoms with E-state index in [1.165, 1.54) is 40.3 Å². The van der Waals surface area contributed by atoms with Gasteiger partial charge >= 0.3 is 36.4 Å². The number of nitrogens with one attached hydrogen (secondary N) is 3. The Labute approximate surface area is 291 Å². The molecule has 2 amide bonds. The van der Waals surface area contributed by atoms with E-state index in [2.05, 4.69) is 16.0 Å². The lowest BCUT2D eigenvalue weighted by Crippen LogP contribution is -2.35. The maximum atomic E-state index is 14.5. The van der Waals surface area contributed by atoms with Gasteiger partial charge in [-0.3, -0.25) is 19.0 Å². The Morgan fingerprint density at radius 2 is 1.35 bits per heavy atom. The third-order valence-electron chi connectivity index (χ3n) is 5.62. The molecule has 6 N–H and O–H groups in total. The summed E-state index contributed by atoms with van der Waals surface area (Å²) < 4.78 is 112. The molecule has 1 aromatic carbocycles. The number of carboxylic acid groups (broad SMARTS) is 3. The summed E-state index contributed by atoms with van der Waals surface area (Å²) in [5.41, 5.74) is 0.0866. The molecule has 1 aliphatic heterocycles. The highest BCUT2D eigenvalue weighted by Crippen LogP contribution is 2.22. The van der Waals surface area contributed by atoms with E-state index in [-0.39, 0.29) is 23.2 Å². The van der Waals surface area contributed by atoms with Crippen molar-refractivity contribution in [1.82, 2.24) is 15.2 Å². The number of pyridine rings is 1. The lowest BCUT2D eigenvalue weighted by Gasteiger charge is -2.14. The highest BCUT2D eigenvalue weighted by Gasteiger charge is 2.39. The maximum Gasteiger partial charge on any atom is 0.490 e. The van der Waals surface area contributed by atoms with Gasteiger partial charge in [-0.15, -0.1) is 11.3 Å². The van der Waals surface area contributed by atoms with E-state index in [9.17, 15) is 58.3 Å². The topological polar surface area (TPSA) is 204 Å². The predicted octanol–water partition coefficient (Wildman–Crippen LogP) is 4.69. The number of rotatable bonds is 5. The highest BCUT2D eigenvalue weighted by molar-refractivity contribution is 7.18. The molecule has 4 rings (SSSR count). The summed E-state index contributed by atoms with van der Waals surface area (Å²) in [5, 5.41) is 29.8. The summed E-state index contributed by atoms with van der Waals surface area (Å²) in [6.45, 7) is 0.418. The van der Waals surface area contributed by atoms with Crippen LogP contribution in [0.15, 0.2) is 59.5 Å². The van der Waals surface area contributed by atoms with Crippen molar-refractivity contribution in [3.8, 4) is 5.69 Å². The Kier molecular flexibility index (Phi) is 16.2. The second-order valence-corrected chi connectivity index (χ2v) is 11.2. The minimum absolute atomic E-state index is 0.0141. The Balaban J connectivity index is 0.000000525. The summed E-state index contributed by atoms with van der Waals surface area (Å²) >= 11 is 7.03. The van der Waals surface area contributed by atoms with Crippen molar-refractivity contribution < 1.29 is 83.2 Å². The summed E-state index contributed by atoms with van der Waals surface area (Å²) in [6.07, 6.45) is -13.3. The van der Waals surface area contributed by atoms with Gasteiger partial charge in [-0.05, 0) is 36.8 Å². The van der Waals surface area contributed by atoms with Gasteiger partial charge < -0.3 is 31.3 Å². The lowest BCUT2D eigenvalue weighted by atomic mass is 10.1. The van der Waals surface area contributed by atoms with Crippen LogP contribution in [-0.4, -0.2) is 86.8 Å². The smallest absolute Gasteiger partial charge is 0.475 e. The van der Waals surface area contributed by atoms with Crippen molar-refractivity contribution in [3.05, 3.63) is 80.1 Å². The van der Waals surface area contributed by atoms with Crippen LogP contribution in [0.3, 0.4) is 0 Å². The van der Waals surface area contributed by atoms with Crippen molar-refractivity contribution in [2.24, 2.45) is 0 Å². The molecule has 1 saturated heterocycles. The number of carbonyl (C=O) groups is 5. The fraction of sp³-hybridized carbons (Fsp3) is 0.259. The fourth-order valence-corrected chi connectivity index (χ4v) is 4.30. The van der Waals surface area contributed by atoms with E-state index in [1.54, 1.807) is 30.3 Å². The minimum atomic E-state index is -5.08. The molecule has 2 atom stereocenters. The average Bonchev–Trinajstić information content (AvgIpc) is 3.67. The number of carboxylic acids is 3. The quantitative estimate of drug-likeness (QED) is 0.197. The average molecular weight is 803 g/mol. The number of hydrogen-bond donors (Lipinski definition) is 6. The second-order valence-electron chi connectivity index (χ2n) is 9.44. The van der Waals surface area contributed by atoms with Crippen LogP contribution in [0.2, 0.25) is 4.34 Å². The summed E-state index contributed by atoms with van der Waals surface area (Å²) in [4.78, 5) is 63.9. The van der Waals surface area contributed by atoms with Crippen LogP contribution in [-0.2, 0) is 19.2 Å². The van der Waals surface area contributed by atoms with E-state index < -0.39 is 54.2 Å².